The van der Waals surface area contributed by atoms with Crippen LogP contribution in [0.25, 0.3) is 6.08 Å². The lowest BCUT2D eigenvalue weighted by Crippen LogP contribution is -2.29. The van der Waals surface area contributed by atoms with Crippen LogP contribution in [0, 0.1) is 0 Å². The lowest BCUT2D eigenvalue weighted by atomic mass is 10.2. The molecule has 0 radical (unpaired) electrons. The Morgan fingerprint density at radius 3 is 2.52 bits per heavy atom. The monoisotopic (exact) mass is 293 g/mol. The second kappa shape index (κ2) is 8.63. The molecule has 0 aliphatic heterocycles. The maximum absolute atomic E-state index is 11.5. The lowest BCUT2D eigenvalue weighted by Gasteiger charge is -2.07. The molecule has 0 bridgehead atoms. The first-order valence-electron chi connectivity index (χ1n) is 6.44. The van der Waals surface area contributed by atoms with E-state index in [1.54, 1.807) is 38.3 Å². The number of hydrogen-bond acceptors (Lipinski definition) is 5. The summed E-state index contributed by atoms with van der Waals surface area (Å²) in [5.74, 6) is 0.344. The average molecular weight is 293 g/mol. The number of hydrogen-bond donors (Lipinski definition) is 1. The molecule has 1 aromatic carbocycles. The van der Waals surface area contributed by atoms with Crippen molar-refractivity contribution in [2.24, 2.45) is 0 Å². The Morgan fingerprint density at radius 1 is 1.19 bits per heavy atom. The maximum Gasteiger partial charge on any atom is 0.325 e. The Morgan fingerprint density at radius 2 is 1.90 bits per heavy atom. The molecule has 1 rings (SSSR count). The molecule has 0 atom stereocenters. The molecule has 21 heavy (non-hydrogen) atoms. The summed E-state index contributed by atoms with van der Waals surface area (Å²) >= 11 is 0. The molecular formula is C15H19NO5. The van der Waals surface area contributed by atoms with Gasteiger partial charge >= 0.3 is 5.97 Å². The summed E-state index contributed by atoms with van der Waals surface area (Å²) in [5, 5.41) is 2.43. The summed E-state index contributed by atoms with van der Waals surface area (Å²) in [6.45, 7) is 1.84. The zero-order valence-electron chi connectivity index (χ0n) is 12.3. The smallest absolute Gasteiger partial charge is 0.325 e. The van der Waals surface area contributed by atoms with Gasteiger partial charge in [0.25, 0.3) is 0 Å². The van der Waals surface area contributed by atoms with E-state index in [0.29, 0.717) is 11.5 Å². The minimum absolute atomic E-state index is 0.150. The quantitative estimate of drug-likeness (QED) is 0.607. The fraction of sp³-hybridized carbons (Fsp3) is 0.333. The number of rotatable bonds is 7. The van der Waals surface area contributed by atoms with Crippen LogP contribution in [-0.4, -0.2) is 39.2 Å². The third-order valence-corrected chi connectivity index (χ3v) is 2.55. The van der Waals surface area contributed by atoms with Crippen LogP contribution < -0.4 is 14.8 Å². The van der Waals surface area contributed by atoms with Crippen molar-refractivity contribution in [2.75, 3.05) is 27.4 Å². The summed E-state index contributed by atoms with van der Waals surface area (Å²) in [6, 6.07) is 5.28. The lowest BCUT2D eigenvalue weighted by molar-refractivity contribution is -0.143. The van der Waals surface area contributed by atoms with Gasteiger partial charge in [0.1, 0.15) is 6.54 Å². The molecule has 1 N–H and O–H groups in total. The van der Waals surface area contributed by atoms with Crippen molar-refractivity contribution in [2.45, 2.75) is 6.92 Å². The minimum atomic E-state index is -0.467. The number of amides is 1. The van der Waals surface area contributed by atoms with E-state index in [1.165, 1.54) is 13.2 Å². The molecule has 6 nitrogen and oxygen atoms in total. The Bertz CT molecular complexity index is 525. The summed E-state index contributed by atoms with van der Waals surface area (Å²) in [4.78, 5) is 22.6. The van der Waals surface area contributed by atoms with Gasteiger partial charge in [-0.1, -0.05) is 6.07 Å². The van der Waals surface area contributed by atoms with Crippen LogP contribution in [-0.2, 0) is 14.3 Å². The first-order valence-corrected chi connectivity index (χ1v) is 6.44. The van der Waals surface area contributed by atoms with Gasteiger partial charge in [0.05, 0.1) is 20.8 Å². The zero-order valence-corrected chi connectivity index (χ0v) is 12.3. The first-order chi connectivity index (χ1) is 10.1. The average Bonchev–Trinajstić information content (AvgIpc) is 2.50. The van der Waals surface area contributed by atoms with E-state index >= 15 is 0 Å². The minimum Gasteiger partial charge on any atom is -0.493 e. The van der Waals surface area contributed by atoms with Gasteiger partial charge < -0.3 is 19.5 Å². The highest BCUT2D eigenvalue weighted by Crippen LogP contribution is 2.27. The van der Waals surface area contributed by atoms with E-state index in [0.717, 1.165) is 5.56 Å². The van der Waals surface area contributed by atoms with Crippen molar-refractivity contribution in [3.05, 3.63) is 29.8 Å². The molecule has 0 fully saturated rings. The molecule has 0 aliphatic rings. The van der Waals surface area contributed by atoms with Crippen molar-refractivity contribution >= 4 is 18.0 Å². The maximum atomic E-state index is 11.5. The van der Waals surface area contributed by atoms with Crippen molar-refractivity contribution in [1.29, 1.82) is 0 Å². The van der Waals surface area contributed by atoms with Crippen LogP contribution in [0.2, 0.25) is 0 Å². The van der Waals surface area contributed by atoms with Gasteiger partial charge in [0.15, 0.2) is 11.5 Å². The number of nitrogens with one attached hydrogen (secondary N) is 1. The molecule has 1 amide bonds. The standard InChI is InChI=1S/C15H19NO5/c1-4-21-15(18)10-16-14(17)8-6-11-5-7-12(19-2)13(9-11)20-3/h5-9H,4,10H2,1-3H3,(H,16,17). The van der Waals surface area contributed by atoms with Gasteiger partial charge in [-0.25, -0.2) is 0 Å². The van der Waals surface area contributed by atoms with E-state index in [9.17, 15) is 9.59 Å². The number of carbonyl (C=O) groups is 2. The van der Waals surface area contributed by atoms with Gasteiger partial charge in [0.2, 0.25) is 5.91 Å². The largest absolute Gasteiger partial charge is 0.493 e. The Kier molecular flexibility index (Phi) is 6.80. The topological polar surface area (TPSA) is 73.9 Å². The fourth-order valence-electron chi connectivity index (χ4n) is 1.56. The number of ether oxygens (including phenoxy) is 3. The highest BCUT2D eigenvalue weighted by atomic mass is 16.5. The second-order valence-corrected chi connectivity index (χ2v) is 3.97. The van der Waals surface area contributed by atoms with Crippen molar-refractivity contribution in [3.8, 4) is 11.5 Å². The Balaban J connectivity index is 2.59. The number of methoxy groups -OCH3 is 2. The highest BCUT2D eigenvalue weighted by molar-refractivity contribution is 5.93. The van der Waals surface area contributed by atoms with Crippen LogP contribution in [0.3, 0.4) is 0 Å². The number of benzene rings is 1. The molecule has 0 spiro atoms. The predicted octanol–water partition coefficient (Wildman–Crippen LogP) is 1.40. The fourth-order valence-corrected chi connectivity index (χ4v) is 1.56. The molecule has 0 unspecified atom stereocenters. The van der Waals surface area contributed by atoms with E-state index < -0.39 is 5.97 Å². The van der Waals surface area contributed by atoms with Crippen LogP contribution >= 0.6 is 0 Å². The third kappa shape index (κ3) is 5.56. The number of carbonyl (C=O) groups excluding carboxylic acids is 2. The highest BCUT2D eigenvalue weighted by Gasteiger charge is 2.04. The van der Waals surface area contributed by atoms with E-state index in [4.69, 9.17) is 14.2 Å². The van der Waals surface area contributed by atoms with Crippen molar-refractivity contribution in [1.82, 2.24) is 5.32 Å². The predicted molar refractivity (Wildman–Crippen MR) is 78.2 cm³/mol. The Hall–Kier alpha value is -2.50. The van der Waals surface area contributed by atoms with Crippen LogP contribution in [0.15, 0.2) is 24.3 Å². The SMILES string of the molecule is CCOC(=O)CNC(=O)C=Cc1ccc(OC)c(OC)c1. The van der Waals surface area contributed by atoms with Gasteiger partial charge in [-0.15, -0.1) is 0 Å². The summed E-state index contributed by atoms with van der Waals surface area (Å²) in [7, 11) is 3.09. The molecule has 114 valence electrons. The van der Waals surface area contributed by atoms with Gasteiger partial charge in [-0.3, -0.25) is 9.59 Å². The Labute approximate surface area is 123 Å². The molecule has 0 aliphatic carbocycles. The van der Waals surface area contributed by atoms with E-state index in [1.807, 2.05) is 0 Å². The normalized spacial score (nSPS) is 10.2. The van der Waals surface area contributed by atoms with Gasteiger partial charge in [-0.05, 0) is 30.7 Å². The second-order valence-electron chi connectivity index (χ2n) is 3.97. The summed E-state index contributed by atoms with van der Waals surface area (Å²) < 4.78 is 15.0. The molecule has 1 aromatic rings. The van der Waals surface area contributed by atoms with Crippen LogP contribution in [0.5, 0.6) is 11.5 Å². The van der Waals surface area contributed by atoms with E-state index in [2.05, 4.69) is 5.32 Å². The summed E-state index contributed by atoms with van der Waals surface area (Å²) in [5.41, 5.74) is 0.777. The van der Waals surface area contributed by atoms with E-state index in [-0.39, 0.29) is 19.1 Å². The molecule has 0 saturated heterocycles. The first kappa shape index (κ1) is 16.6. The molecular weight excluding hydrogens is 274 g/mol. The van der Waals surface area contributed by atoms with Gasteiger partial charge in [-0.2, -0.15) is 0 Å². The molecule has 0 aromatic heterocycles. The molecule has 6 heteroatoms. The molecule has 0 saturated carbocycles. The van der Waals surface area contributed by atoms with Crippen LogP contribution in [0.1, 0.15) is 12.5 Å². The third-order valence-electron chi connectivity index (χ3n) is 2.55. The van der Waals surface area contributed by atoms with Crippen molar-refractivity contribution < 1.29 is 23.8 Å². The summed E-state index contributed by atoms with van der Waals surface area (Å²) in [6.07, 6.45) is 2.95. The number of esters is 1. The van der Waals surface area contributed by atoms with Crippen molar-refractivity contribution in [3.63, 3.8) is 0 Å². The zero-order chi connectivity index (χ0) is 15.7. The van der Waals surface area contributed by atoms with Gasteiger partial charge in [0, 0.05) is 6.08 Å². The van der Waals surface area contributed by atoms with Crippen LogP contribution in [0.4, 0.5) is 0 Å². The molecule has 0 heterocycles.